The second-order valence-corrected chi connectivity index (χ2v) is 5.43. The number of nitrogens with zero attached hydrogens (tertiary/aromatic N) is 1. The first kappa shape index (κ1) is 15.4. The molecule has 0 spiro atoms. The molecule has 5 nitrogen and oxygen atoms in total. The van der Waals surface area contributed by atoms with Gasteiger partial charge in [0.1, 0.15) is 12.3 Å². The fourth-order valence-electron chi connectivity index (χ4n) is 2.23. The van der Waals surface area contributed by atoms with Gasteiger partial charge in [0.05, 0.1) is 11.3 Å². The highest BCUT2D eigenvalue weighted by atomic mass is 19.4. The number of alkyl halides is 3. The monoisotopic (exact) mass is 325 g/mol. The number of nitrogens with one attached hydrogen (secondary N) is 2. The number of carbonyl (C=O) groups is 1. The summed E-state index contributed by atoms with van der Waals surface area (Å²) in [5.41, 5.74) is 2.28. The molecule has 1 heterocycles. The van der Waals surface area contributed by atoms with Gasteiger partial charge in [-0.05, 0) is 30.9 Å². The van der Waals surface area contributed by atoms with E-state index >= 15 is 0 Å². The predicted octanol–water partition coefficient (Wildman–Crippen LogP) is 3.48. The zero-order chi connectivity index (χ0) is 16.6. The SMILES string of the molecule is C=C(Nc1ccc(C2=NNC(=O)OC2)cc1C(F)(F)F)C1CC1. The number of rotatable bonds is 4. The molecular weight excluding hydrogens is 311 g/mol. The maximum Gasteiger partial charge on any atom is 0.428 e. The number of hydrazone groups is 1. The third-order valence-corrected chi connectivity index (χ3v) is 3.65. The molecule has 2 aliphatic rings. The van der Waals surface area contributed by atoms with Crippen LogP contribution in [0.4, 0.5) is 23.7 Å². The molecule has 0 atom stereocenters. The third kappa shape index (κ3) is 3.46. The Morgan fingerprint density at radius 2 is 2.13 bits per heavy atom. The molecule has 8 heteroatoms. The molecule has 0 radical (unpaired) electrons. The Morgan fingerprint density at radius 3 is 2.70 bits per heavy atom. The van der Waals surface area contributed by atoms with E-state index in [0.717, 1.165) is 18.9 Å². The van der Waals surface area contributed by atoms with Gasteiger partial charge < -0.3 is 10.1 Å². The Balaban J connectivity index is 1.92. The largest absolute Gasteiger partial charge is 0.442 e. The first-order valence-electron chi connectivity index (χ1n) is 7.01. The van der Waals surface area contributed by atoms with Crippen molar-refractivity contribution in [2.75, 3.05) is 11.9 Å². The van der Waals surface area contributed by atoms with E-state index in [9.17, 15) is 18.0 Å². The van der Waals surface area contributed by atoms with Crippen molar-refractivity contribution in [3.63, 3.8) is 0 Å². The first-order chi connectivity index (χ1) is 10.8. The van der Waals surface area contributed by atoms with E-state index in [1.54, 1.807) is 0 Å². The molecule has 1 aliphatic heterocycles. The minimum Gasteiger partial charge on any atom is -0.442 e. The number of hydrogen-bond acceptors (Lipinski definition) is 4. The average molecular weight is 325 g/mol. The van der Waals surface area contributed by atoms with E-state index in [2.05, 4.69) is 22.4 Å². The fourth-order valence-corrected chi connectivity index (χ4v) is 2.23. The van der Waals surface area contributed by atoms with Crippen LogP contribution in [0.5, 0.6) is 0 Å². The van der Waals surface area contributed by atoms with Crippen molar-refractivity contribution in [1.82, 2.24) is 5.43 Å². The summed E-state index contributed by atoms with van der Waals surface area (Å²) in [6, 6.07) is 3.82. The van der Waals surface area contributed by atoms with Crippen molar-refractivity contribution in [1.29, 1.82) is 0 Å². The molecule has 3 rings (SSSR count). The number of cyclic esters (lactones) is 1. The number of amides is 1. The molecule has 0 saturated heterocycles. The highest BCUT2D eigenvalue weighted by molar-refractivity contribution is 6.04. The van der Waals surface area contributed by atoms with Crippen LogP contribution < -0.4 is 10.7 Å². The van der Waals surface area contributed by atoms with Gasteiger partial charge in [-0.2, -0.15) is 18.3 Å². The van der Waals surface area contributed by atoms with Crippen LogP contribution in [0.25, 0.3) is 0 Å². The van der Waals surface area contributed by atoms with E-state index in [-0.39, 0.29) is 29.5 Å². The number of anilines is 1. The summed E-state index contributed by atoms with van der Waals surface area (Å²) in [5, 5.41) is 6.48. The Hall–Kier alpha value is -2.51. The fraction of sp³-hybridized carbons (Fsp3) is 0.333. The molecule has 0 bridgehead atoms. The van der Waals surface area contributed by atoms with Crippen LogP contribution in [0.15, 0.2) is 35.6 Å². The van der Waals surface area contributed by atoms with Gasteiger partial charge in [-0.15, -0.1) is 0 Å². The van der Waals surface area contributed by atoms with Crippen LogP contribution in [-0.2, 0) is 10.9 Å². The Kier molecular flexibility index (Phi) is 3.75. The van der Waals surface area contributed by atoms with Gasteiger partial charge in [0.2, 0.25) is 0 Å². The molecule has 23 heavy (non-hydrogen) atoms. The third-order valence-electron chi connectivity index (χ3n) is 3.65. The molecule has 1 aromatic carbocycles. The normalized spacial score (nSPS) is 17.9. The summed E-state index contributed by atoms with van der Waals surface area (Å²) in [6.45, 7) is 3.61. The summed E-state index contributed by atoms with van der Waals surface area (Å²) in [7, 11) is 0. The van der Waals surface area contributed by atoms with Gasteiger partial charge in [-0.3, -0.25) is 0 Å². The number of carbonyl (C=O) groups excluding carboxylic acids is 1. The van der Waals surface area contributed by atoms with Crippen molar-refractivity contribution in [3.8, 4) is 0 Å². The summed E-state index contributed by atoms with van der Waals surface area (Å²) in [5.74, 6) is 0.238. The lowest BCUT2D eigenvalue weighted by Gasteiger charge is -2.18. The molecule has 1 fully saturated rings. The molecule has 0 unspecified atom stereocenters. The zero-order valence-electron chi connectivity index (χ0n) is 12.0. The van der Waals surface area contributed by atoms with Crippen molar-refractivity contribution in [2.24, 2.45) is 11.0 Å². The maximum atomic E-state index is 13.3. The second-order valence-electron chi connectivity index (χ2n) is 5.43. The van der Waals surface area contributed by atoms with Gasteiger partial charge in [0.25, 0.3) is 0 Å². The average Bonchev–Trinajstić information content (AvgIpc) is 3.32. The van der Waals surface area contributed by atoms with E-state index in [4.69, 9.17) is 4.74 Å². The predicted molar refractivity (Wildman–Crippen MR) is 78.0 cm³/mol. The Morgan fingerprint density at radius 1 is 1.39 bits per heavy atom. The maximum absolute atomic E-state index is 13.3. The molecule has 0 aromatic heterocycles. The van der Waals surface area contributed by atoms with Gasteiger partial charge in [0, 0.05) is 11.3 Å². The molecular formula is C15H14F3N3O2. The zero-order valence-corrected chi connectivity index (χ0v) is 12.0. The van der Waals surface area contributed by atoms with Crippen molar-refractivity contribution >= 4 is 17.5 Å². The Labute approximate surface area is 130 Å². The summed E-state index contributed by atoms with van der Waals surface area (Å²) >= 11 is 0. The lowest BCUT2D eigenvalue weighted by atomic mass is 10.0. The smallest absolute Gasteiger partial charge is 0.428 e. The van der Waals surface area contributed by atoms with Crippen molar-refractivity contribution in [2.45, 2.75) is 19.0 Å². The number of ether oxygens (including phenoxy) is 1. The van der Waals surface area contributed by atoms with E-state index in [1.807, 2.05) is 0 Å². The van der Waals surface area contributed by atoms with E-state index in [1.165, 1.54) is 12.1 Å². The number of halogens is 3. The topological polar surface area (TPSA) is 62.7 Å². The molecule has 2 N–H and O–H groups in total. The van der Waals surface area contributed by atoms with E-state index < -0.39 is 17.8 Å². The minimum absolute atomic E-state index is 0.0421. The van der Waals surface area contributed by atoms with Crippen LogP contribution >= 0.6 is 0 Å². The lowest BCUT2D eigenvalue weighted by molar-refractivity contribution is -0.136. The quantitative estimate of drug-likeness (QED) is 0.891. The van der Waals surface area contributed by atoms with Crippen LogP contribution in [0.2, 0.25) is 0 Å². The van der Waals surface area contributed by atoms with Crippen LogP contribution in [0.1, 0.15) is 24.0 Å². The highest BCUT2D eigenvalue weighted by Gasteiger charge is 2.35. The standard InChI is InChI=1S/C15H14F3N3O2/c1-8(9-2-3-9)19-12-5-4-10(6-11(12)15(16,17)18)13-7-23-14(22)21-20-13/h4-6,9,19H,1-3,7H2,(H,21,22). The number of hydrogen-bond donors (Lipinski definition) is 2. The second kappa shape index (κ2) is 5.60. The van der Waals surface area contributed by atoms with Gasteiger partial charge in [0.15, 0.2) is 0 Å². The van der Waals surface area contributed by atoms with Crippen LogP contribution in [-0.4, -0.2) is 18.4 Å². The molecule has 1 aromatic rings. The Bertz CT molecular complexity index is 694. The van der Waals surface area contributed by atoms with Gasteiger partial charge in [-0.1, -0.05) is 12.6 Å². The number of allylic oxidation sites excluding steroid dienone is 1. The molecule has 1 aliphatic carbocycles. The molecule has 122 valence electrons. The molecule has 1 saturated carbocycles. The van der Waals surface area contributed by atoms with Crippen LogP contribution in [0.3, 0.4) is 0 Å². The lowest BCUT2D eigenvalue weighted by Crippen LogP contribution is -2.30. The minimum atomic E-state index is -4.53. The van der Waals surface area contributed by atoms with Gasteiger partial charge >= 0.3 is 12.3 Å². The summed E-state index contributed by atoms with van der Waals surface area (Å²) in [6.07, 6.45) is -3.37. The summed E-state index contributed by atoms with van der Waals surface area (Å²) in [4.78, 5) is 10.9. The summed E-state index contributed by atoms with van der Waals surface area (Å²) < 4.78 is 44.7. The first-order valence-corrected chi connectivity index (χ1v) is 7.01. The van der Waals surface area contributed by atoms with Crippen molar-refractivity contribution in [3.05, 3.63) is 41.6 Å². The highest BCUT2D eigenvalue weighted by Crippen LogP contribution is 2.40. The number of benzene rings is 1. The van der Waals surface area contributed by atoms with Crippen molar-refractivity contribution < 1.29 is 22.7 Å². The van der Waals surface area contributed by atoms with E-state index in [0.29, 0.717) is 5.70 Å². The van der Waals surface area contributed by atoms with Crippen LogP contribution in [0, 0.1) is 5.92 Å². The molecule has 1 amide bonds. The van der Waals surface area contributed by atoms with Gasteiger partial charge in [-0.25, -0.2) is 10.2 Å².